The van der Waals surface area contributed by atoms with Crippen LogP contribution in [0, 0.1) is 0 Å². The van der Waals surface area contributed by atoms with E-state index in [-0.39, 0.29) is 11.5 Å². The molecule has 0 aliphatic carbocycles. The highest BCUT2D eigenvalue weighted by molar-refractivity contribution is 7.88. The van der Waals surface area contributed by atoms with Gasteiger partial charge in [0.25, 0.3) is 0 Å². The highest BCUT2D eigenvalue weighted by Gasteiger charge is 2.23. The van der Waals surface area contributed by atoms with Gasteiger partial charge >= 0.3 is 32.3 Å². The smallest absolute Gasteiger partial charge is 0.339 e. The average molecular weight is 711 g/mol. The molecule has 0 aliphatic rings. The Kier molecular flexibility index (Phi) is 10.6. The molecule has 12 nitrogen and oxygen atoms in total. The average Bonchev–Trinajstić information content (AvgIpc) is 3.10. The first-order valence-corrected chi connectivity index (χ1v) is 17.5. The zero-order valence-electron chi connectivity index (χ0n) is 26.2. The summed E-state index contributed by atoms with van der Waals surface area (Å²) in [6.45, 7) is 7.36. The summed E-state index contributed by atoms with van der Waals surface area (Å²) in [5.74, 6) is -0.151. The van der Waals surface area contributed by atoms with Gasteiger partial charge in [-0.2, -0.15) is 16.8 Å². The summed E-state index contributed by atoms with van der Waals surface area (Å²) in [6, 6.07) is 28.6. The molecule has 0 fully saturated rings. The zero-order chi connectivity index (χ0) is 35.7. The lowest BCUT2D eigenvalue weighted by atomic mass is 10.2. The van der Waals surface area contributed by atoms with E-state index in [1.807, 2.05) is 0 Å². The molecule has 14 heteroatoms. The van der Waals surface area contributed by atoms with Crippen molar-refractivity contribution < 1.29 is 34.8 Å². The first kappa shape index (κ1) is 34.9. The summed E-state index contributed by atoms with van der Waals surface area (Å²) < 4.78 is 62.5. The van der Waals surface area contributed by atoms with E-state index in [0.29, 0.717) is 22.7 Å². The standard InChI is InChI=1S/C36H30N4O8S2/c1-3-25-8-12-27(13-9-25)37-35(41)39-29-16-20-31(21-17-29)47-49(43,44)33-6-5-7-34(24-33)50(45,46)48-32-22-18-30(19-23-32)40-36(42)38-28-14-10-26(4-2)11-15-28/h3-24H,1-2H2,(H2,37,39,41)(H2,38,40,42). The minimum Gasteiger partial charge on any atom is -0.379 e. The van der Waals surface area contributed by atoms with Gasteiger partial charge in [-0.05, 0) is 102 Å². The van der Waals surface area contributed by atoms with Gasteiger partial charge in [-0.25, -0.2) is 9.59 Å². The number of rotatable bonds is 12. The summed E-state index contributed by atoms with van der Waals surface area (Å²) >= 11 is 0. The summed E-state index contributed by atoms with van der Waals surface area (Å²) in [5, 5.41) is 10.6. The second-order valence-electron chi connectivity index (χ2n) is 10.4. The van der Waals surface area contributed by atoms with Crippen LogP contribution in [0.25, 0.3) is 12.2 Å². The van der Waals surface area contributed by atoms with E-state index in [4.69, 9.17) is 8.37 Å². The maximum absolute atomic E-state index is 13.0. The van der Waals surface area contributed by atoms with Crippen LogP contribution in [0.4, 0.5) is 32.3 Å². The van der Waals surface area contributed by atoms with Crippen LogP contribution in [-0.4, -0.2) is 28.9 Å². The number of hydrogen-bond donors (Lipinski definition) is 4. The lowest BCUT2D eigenvalue weighted by Gasteiger charge is -2.11. The molecule has 0 unspecified atom stereocenters. The number of urea groups is 2. The third-order valence-electron chi connectivity index (χ3n) is 6.83. The largest absolute Gasteiger partial charge is 0.379 e. The SMILES string of the molecule is C=Cc1ccc(NC(=O)Nc2ccc(OS(=O)(=O)c3cccc(S(=O)(=O)Oc4ccc(NC(=O)Nc5ccc(C=C)cc5)cc4)c3)cc2)cc1. The molecule has 50 heavy (non-hydrogen) atoms. The van der Waals surface area contributed by atoms with Gasteiger partial charge in [-0.1, -0.05) is 55.6 Å². The van der Waals surface area contributed by atoms with E-state index in [0.717, 1.165) is 17.2 Å². The van der Waals surface area contributed by atoms with E-state index in [2.05, 4.69) is 34.4 Å². The molecule has 0 saturated carbocycles. The molecule has 0 heterocycles. The van der Waals surface area contributed by atoms with Crippen molar-refractivity contribution in [3.05, 3.63) is 146 Å². The number of hydrogen-bond acceptors (Lipinski definition) is 8. The second-order valence-corrected chi connectivity index (χ2v) is 13.5. The Morgan fingerprint density at radius 1 is 0.480 bits per heavy atom. The number of benzene rings is 5. The molecule has 4 amide bonds. The molecular weight excluding hydrogens is 681 g/mol. The monoisotopic (exact) mass is 710 g/mol. The molecule has 0 atom stereocenters. The number of nitrogens with one attached hydrogen (secondary N) is 4. The predicted molar refractivity (Wildman–Crippen MR) is 193 cm³/mol. The van der Waals surface area contributed by atoms with Crippen molar-refractivity contribution in [3.8, 4) is 11.5 Å². The molecule has 0 radical (unpaired) electrons. The summed E-state index contributed by atoms with van der Waals surface area (Å²) in [4.78, 5) is 23.8. The van der Waals surface area contributed by atoms with Crippen molar-refractivity contribution in [3.63, 3.8) is 0 Å². The van der Waals surface area contributed by atoms with Gasteiger partial charge in [0.15, 0.2) is 0 Å². The topological polar surface area (TPSA) is 169 Å². The number of carbonyl (C=O) groups excluding carboxylic acids is 2. The maximum Gasteiger partial charge on any atom is 0.339 e. The van der Waals surface area contributed by atoms with Crippen LogP contribution >= 0.6 is 0 Å². The molecule has 5 aromatic rings. The van der Waals surface area contributed by atoms with Crippen LogP contribution < -0.4 is 29.6 Å². The molecule has 5 rings (SSSR count). The first-order valence-electron chi connectivity index (χ1n) is 14.7. The van der Waals surface area contributed by atoms with Gasteiger partial charge in [0.2, 0.25) is 0 Å². The van der Waals surface area contributed by atoms with Crippen molar-refractivity contribution in [1.29, 1.82) is 0 Å². The molecule has 0 aromatic heterocycles. The highest BCUT2D eigenvalue weighted by Crippen LogP contribution is 2.26. The van der Waals surface area contributed by atoms with Crippen LogP contribution in [0.5, 0.6) is 11.5 Å². The normalized spacial score (nSPS) is 11.0. The number of carbonyl (C=O) groups is 2. The molecule has 0 aliphatic heterocycles. The van der Waals surface area contributed by atoms with Crippen molar-refractivity contribution in [1.82, 2.24) is 0 Å². The molecule has 0 bridgehead atoms. The Balaban J connectivity index is 1.17. The Morgan fingerprint density at radius 2 is 0.780 bits per heavy atom. The predicted octanol–water partition coefficient (Wildman–Crippen LogP) is 7.80. The van der Waals surface area contributed by atoms with Crippen molar-refractivity contribution in [2.75, 3.05) is 21.3 Å². The Hall–Kier alpha value is -6.38. The van der Waals surface area contributed by atoms with Gasteiger partial charge in [-0.15, -0.1) is 0 Å². The van der Waals surface area contributed by atoms with E-state index >= 15 is 0 Å². The third kappa shape index (κ3) is 9.37. The molecular formula is C36H30N4O8S2. The summed E-state index contributed by atoms with van der Waals surface area (Å²) in [5.41, 5.74) is 3.65. The highest BCUT2D eigenvalue weighted by atomic mass is 32.2. The van der Waals surface area contributed by atoms with Gasteiger partial charge in [0.05, 0.1) is 0 Å². The van der Waals surface area contributed by atoms with Crippen molar-refractivity contribution >= 4 is 67.2 Å². The van der Waals surface area contributed by atoms with Crippen LogP contribution in [-0.2, 0) is 20.2 Å². The third-order valence-corrected chi connectivity index (χ3v) is 9.31. The Bertz CT molecular complexity index is 2080. The van der Waals surface area contributed by atoms with Gasteiger partial charge in [-0.3, -0.25) is 0 Å². The summed E-state index contributed by atoms with van der Waals surface area (Å²) in [7, 11) is -8.94. The van der Waals surface area contributed by atoms with Crippen LogP contribution in [0.15, 0.2) is 144 Å². The van der Waals surface area contributed by atoms with Gasteiger partial charge in [0, 0.05) is 22.7 Å². The number of amides is 4. The minimum absolute atomic E-state index is 0.0755. The quantitative estimate of drug-likeness (QED) is 0.0951. The molecule has 4 N–H and O–H groups in total. The van der Waals surface area contributed by atoms with Crippen molar-refractivity contribution in [2.45, 2.75) is 9.79 Å². The summed E-state index contributed by atoms with van der Waals surface area (Å²) in [6.07, 6.45) is 3.36. The van der Waals surface area contributed by atoms with E-state index in [1.54, 1.807) is 60.7 Å². The minimum atomic E-state index is -4.47. The zero-order valence-corrected chi connectivity index (χ0v) is 27.8. The van der Waals surface area contributed by atoms with Crippen LogP contribution in [0.2, 0.25) is 0 Å². The Morgan fingerprint density at radius 3 is 1.08 bits per heavy atom. The van der Waals surface area contributed by atoms with E-state index < -0.39 is 42.1 Å². The van der Waals surface area contributed by atoms with Crippen molar-refractivity contribution in [2.24, 2.45) is 0 Å². The van der Waals surface area contributed by atoms with E-state index in [9.17, 15) is 26.4 Å². The fraction of sp³-hybridized carbons (Fsp3) is 0. The Labute approximate surface area is 289 Å². The van der Waals surface area contributed by atoms with Gasteiger partial charge in [0.1, 0.15) is 21.3 Å². The van der Waals surface area contributed by atoms with Gasteiger partial charge < -0.3 is 29.6 Å². The first-order chi connectivity index (χ1) is 23.9. The van der Waals surface area contributed by atoms with Crippen LogP contribution in [0.3, 0.4) is 0 Å². The number of anilines is 4. The molecule has 0 spiro atoms. The van der Waals surface area contributed by atoms with Crippen LogP contribution in [0.1, 0.15) is 11.1 Å². The fourth-order valence-corrected chi connectivity index (χ4v) is 6.34. The molecule has 254 valence electrons. The molecule has 5 aromatic carbocycles. The molecule has 0 saturated heterocycles. The van der Waals surface area contributed by atoms with E-state index in [1.165, 1.54) is 66.7 Å². The maximum atomic E-state index is 13.0. The lowest BCUT2D eigenvalue weighted by Crippen LogP contribution is -2.19. The fourth-order valence-electron chi connectivity index (χ4n) is 4.31. The lowest BCUT2D eigenvalue weighted by molar-refractivity contribution is 0.261. The second kappa shape index (κ2) is 15.2.